The summed E-state index contributed by atoms with van der Waals surface area (Å²) in [6.07, 6.45) is 0.404. The van der Waals surface area contributed by atoms with E-state index in [-0.39, 0.29) is 23.2 Å². The number of hydrogen-bond donors (Lipinski definition) is 2. The lowest BCUT2D eigenvalue weighted by Gasteiger charge is -2.35. The van der Waals surface area contributed by atoms with Gasteiger partial charge in [0, 0.05) is 27.2 Å². The highest BCUT2D eigenvalue weighted by Crippen LogP contribution is 2.29. The van der Waals surface area contributed by atoms with Crippen LogP contribution in [0.2, 0.25) is 0 Å². The highest BCUT2D eigenvalue weighted by atomic mass is 32.2. The van der Waals surface area contributed by atoms with Crippen LogP contribution in [0.4, 0.5) is 10.5 Å². The van der Waals surface area contributed by atoms with E-state index in [1.54, 1.807) is 11.8 Å². The van der Waals surface area contributed by atoms with Gasteiger partial charge in [0.25, 0.3) is 0 Å². The van der Waals surface area contributed by atoms with Crippen molar-refractivity contribution in [3.05, 3.63) is 18.2 Å². The number of sulfonamides is 1. The van der Waals surface area contributed by atoms with Crippen LogP contribution in [0.1, 0.15) is 13.3 Å². The zero-order valence-electron chi connectivity index (χ0n) is 15.8. The molecular formula is C17H27N3O6S. The van der Waals surface area contributed by atoms with Crippen molar-refractivity contribution in [2.45, 2.75) is 24.3 Å². The van der Waals surface area contributed by atoms with E-state index in [2.05, 4.69) is 5.32 Å². The van der Waals surface area contributed by atoms with Gasteiger partial charge in [0.1, 0.15) is 5.75 Å². The molecule has 10 heteroatoms. The van der Waals surface area contributed by atoms with E-state index in [0.717, 1.165) is 4.31 Å². The van der Waals surface area contributed by atoms with Gasteiger partial charge in [-0.25, -0.2) is 17.5 Å². The molecule has 1 aliphatic rings. The second kappa shape index (κ2) is 9.36. The summed E-state index contributed by atoms with van der Waals surface area (Å²) >= 11 is 0. The molecule has 1 aromatic rings. The minimum atomic E-state index is -3.65. The molecule has 0 saturated carbocycles. The maximum Gasteiger partial charge on any atom is 0.322 e. The SMILES string of the molecule is CCOc1ccc(S(=O)(=O)N(C)C)cc1NC(=O)N1CCOCC1CCO. The third-order valence-corrected chi connectivity index (χ3v) is 6.03. The third kappa shape index (κ3) is 5.10. The third-order valence-electron chi connectivity index (χ3n) is 4.22. The first-order valence-corrected chi connectivity index (χ1v) is 10.2. The number of aliphatic hydroxyl groups excluding tert-OH is 1. The second-order valence-electron chi connectivity index (χ2n) is 6.24. The maximum atomic E-state index is 12.8. The molecule has 1 aromatic carbocycles. The molecule has 1 heterocycles. The average molecular weight is 401 g/mol. The van der Waals surface area contributed by atoms with Crippen molar-refractivity contribution in [1.29, 1.82) is 0 Å². The van der Waals surface area contributed by atoms with Crippen molar-refractivity contribution in [2.75, 3.05) is 52.4 Å². The summed E-state index contributed by atoms with van der Waals surface area (Å²) in [6.45, 7) is 3.25. The predicted octanol–water partition coefficient (Wildman–Crippen LogP) is 0.951. The molecule has 0 bridgehead atoms. The Bertz CT molecular complexity index is 751. The largest absolute Gasteiger partial charge is 0.492 e. The normalized spacial score (nSPS) is 17.8. The number of rotatable bonds is 7. The Labute approximate surface area is 159 Å². The quantitative estimate of drug-likeness (QED) is 0.704. The van der Waals surface area contributed by atoms with Crippen molar-refractivity contribution >= 4 is 21.7 Å². The van der Waals surface area contributed by atoms with Crippen LogP contribution in [0, 0.1) is 0 Å². The van der Waals surface area contributed by atoms with Crippen LogP contribution in [-0.2, 0) is 14.8 Å². The molecule has 2 rings (SSSR count). The van der Waals surface area contributed by atoms with Gasteiger partial charge in [-0.2, -0.15) is 0 Å². The number of morpholine rings is 1. The number of urea groups is 1. The Morgan fingerprint density at radius 2 is 2.19 bits per heavy atom. The van der Waals surface area contributed by atoms with Crippen LogP contribution < -0.4 is 10.1 Å². The molecule has 1 aliphatic heterocycles. The molecule has 0 aliphatic carbocycles. The molecule has 9 nitrogen and oxygen atoms in total. The average Bonchev–Trinajstić information content (AvgIpc) is 2.63. The summed E-state index contributed by atoms with van der Waals surface area (Å²) in [6, 6.07) is 3.73. The number of anilines is 1. The van der Waals surface area contributed by atoms with E-state index >= 15 is 0 Å². The van der Waals surface area contributed by atoms with Gasteiger partial charge in [0.2, 0.25) is 10.0 Å². The van der Waals surface area contributed by atoms with Crippen LogP contribution in [0.5, 0.6) is 5.75 Å². The minimum Gasteiger partial charge on any atom is -0.492 e. The molecule has 1 fully saturated rings. The summed E-state index contributed by atoms with van der Waals surface area (Å²) in [7, 11) is -0.768. The number of carbonyl (C=O) groups is 1. The van der Waals surface area contributed by atoms with E-state index in [4.69, 9.17) is 9.47 Å². The standard InChI is InChI=1S/C17H27N3O6S/c1-4-26-16-6-5-14(27(23,24)19(2)3)11-15(16)18-17(22)20-8-10-25-12-13(20)7-9-21/h5-6,11,13,21H,4,7-10,12H2,1-3H3,(H,18,22). The molecule has 0 radical (unpaired) electrons. The van der Waals surface area contributed by atoms with Crippen molar-refractivity contribution in [1.82, 2.24) is 9.21 Å². The smallest absolute Gasteiger partial charge is 0.322 e. The molecule has 1 atom stereocenters. The zero-order valence-corrected chi connectivity index (χ0v) is 16.7. The molecule has 27 heavy (non-hydrogen) atoms. The van der Waals surface area contributed by atoms with Gasteiger partial charge < -0.3 is 24.8 Å². The van der Waals surface area contributed by atoms with Crippen LogP contribution in [0.25, 0.3) is 0 Å². The number of amides is 2. The van der Waals surface area contributed by atoms with Crippen LogP contribution in [-0.4, -0.2) is 81.9 Å². The fourth-order valence-electron chi connectivity index (χ4n) is 2.76. The topological polar surface area (TPSA) is 108 Å². The van der Waals surface area contributed by atoms with Gasteiger partial charge >= 0.3 is 6.03 Å². The molecule has 1 unspecified atom stereocenters. The Morgan fingerprint density at radius 1 is 1.44 bits per heavy atom. The highest BCUT2D eigenvalue weighted by molar-refractivity contribution is 7.89. The molecule has 152 valence electrons. The summed E-state index contributed by atoms with van der Waals surface area (Å²) in [5, 5.41) is 11.9. The van der Waals surface area contributed by atoms with Crippen molar-refractivity contribution in [2.24, 2.45) is 0 Å². The molecule has 0 aromatic heterocycles. The van der Waals surface area contributed by atoms with Gasteiger partial charge in [-0.15, -0.1) is 0 Å². The van der Waals surface area contributed by atoms with E-state index in [1.807, 2.05) is 0 Å². The summed E-state index contributed by atoms with van der Waals surface area (Å²) in [5.74, 6) is 0.385. The number of nitrogens with zero attached hydrogens (tertiary/aromatic N) is 2. The van der Waals surface area contributed by atoms with Gasteiger partial charge in [-0.05, 0) is 31.5 Å². The number of hydrogen-bond acceptors (Lipinski definition) is 6. The van der Waals surface area contributed by atoms with Gasteiger partial charge in [-0.1, -0.05) is 0 Å². The lowest BCUT2D eigenvalue weighted by Crippen LogP contribution is -2.50. The van der Waals surface area contributed by atoms with Crippen molar-refractivity contribution in [3.63, 3.8) is 0 Å². The van der Waals surface area contributed by atoms with Crippen molar-refractivity contribution in [3.8, 4) is 5.75 Å². The molecule has 1 saturated heterocycles. The van der Waals surface area contributed by atoms with Crippen LogP contribution >= 0.6 is 0 Å². The second-order valence-corrected chi connectivity index (χ2v) is 8.39. The van der Waals surface area contributed by atoms with E-state index in [9.17, 15) is 18.3 Å². The number of benzene rings is 1. The monoisotopic (exact) mass is 401 g/mol. The first-order chi connectivity index (χ1) is 12.8. The number of carbonyl (C=O) groups excluding carboxylic acids is 1. The first-order valence-electron chi connectivity index (χ1n) is 8.76. The lowest BCUT2D eigenvalue weighted by atomic mass is 10.2. The fourth-order valence-corrected chi connectivity index (χ4v) is 3.69. The number of nitrogens with one attached hydrogen (secondary N) is 1. The Kier molecular flexibility index (Phi) is 7.42. The van der Waals surface area contributed by atoms with Crippen LogP contribution in [0.3, 0.4) is 0 Å². The summed E-state index contributed by atoms with van der Waals surface area (Å²) in [4.78, 5) is 14.4. The van der Waals surface area contributed by atoms with Crippen molar-refractivity contribution < 1.29 is 27.8 Å². The number of ether oxygens (including phenoxy) is 2. The molecule has 0 spiro atoms. The molecule has 2 amide bonds. The first kappa shape index (κ1) is 21.4. The van der Waals surface area contributed by atoms with E-state index < -0.39 is 16.1 Å². The van der Waals surface area contributed by atoms with Gasteiger partial charge in [0.15, 0.2) is 0 Å². The van der Waals surface area contributed by atoms with E-state index in [0.29, 0.717) is 38.5 Å². The van der Waals surface area contributed by atoms with Crippen LogP contribution in [0.15, 0.2) is 23.1 Å². The Morgan fingerprint density at radius 3 is 2.81 bits per heavy atom. The van der Waals surface area contributed by atoms with E-state index in [1.165, 1.54) is 32.3 Å². The Hall–Kier alpha value is -1.88. The lowest BCUT2D eigenvalue weighted by molar-refractivity contribution is 0.00727. The summed E-state index contributed by atoms with van der Waals surface area (Å²) in [5.41, 5.74) is 0.277. The fraction of sp³-hybridized carbons (Fsp3) is 0.588. The van der Waals surface area contributed by atoms with Gasteiger partial charge in [0.05, 0.1) is 36.4 Å². The number of aliphatic hydroxyl groups is 1. The summed E-state index contributed by atoms with van der Waals surface area (Å²) < 4.78 is 36.8. The molecular weight excluding hydrogens is 374 g/mol. The zero-order chi connectivity index (χ0) is 20.0. The van der Waals surface area contributed by atoms with Gasteiger partial charge in [-0.3, -0.25) is 0 Å². The minimum absolute atomic E-state index is 0.0557. The maximum absolute atomic E-state index is 12.8. The highest BCUT2D eigenvalue weighted by Gasteiger charge is 2.28. The molecule has 2 N–H and O–H groups in total. The Balaban J connectivity index is 2.30. The predicted molar refractivity (Wildman–Crippen MR) is 101 cm³/mol.